The third kappa shape index (κ3) is 5.63. The average Bonchev–Trinajstić information content (AvgIpc) is 2.75. The monoisotopic (exact) mass is 400 g/mol. The van der Waals surface area contributed by atoms with Crippen molar-refractivity contribution in [1.82, 2.24) is 9.88 Å². The number of aromatic nitrogens is 1. The molecule has 1 N–H and O–H groups in total. The Labute approximate surface area is 169 Å². The van der Waals surface area contributed by atoms with Crippen molar-refractivity contribution in [2.24, 2.45) is 0 Å². The molecule has 1 aliphatic heterocycles. The van der Waals surface area contributed by atoms with Crippen LogP contribution in [0.3, 0.4) is 0 Å². The number of hydrogen-bond donors (Lipinski definition) is 1. The first-order chi connectivity index (χ1) is 13.7. The predicted octanol–water partition coefficient (Wildman–Crippen LogP) is 2.11. The van der Waals surface area contributed by atoms with Gasteiger partial charge in [0.2, 0.25) is 11.8 Å². The molecule has 2 aromatic rings. The first-order valence-electron chi connectivity index (χ1n) is 9.10. The van der Waals surface area contributed by atoms with E-state index in [9.17, 15) is 9.59 Å². The highest BCUT2D eigenvalue weighted by Crippen LogP contribution is 2.17. The van der Waals surface area contributed by atoms with E-state index in [0.29, 0.717) is 24.5 Å². The highest BCUT2D eigenvalue weighted by molar-refractivity contribution is 8.00. The third-order valence-electron chi connectivity index (χ3n) is 4.49. The van der Waals surface area contributed by atoms with Crippen molar-refractivity contribution >= 4 is 35.0 Å². The van der Waals surface area contributed by atoms with Crippen LogP contribution in [-0.2, 0) is 9.59 Å². The number of rotatable bonds is 7. The lowest BCUT2D eigenvalue weighted by Gasteiger charge is -2.36. The molecule has 0 atom stereocenters. The first kappa shape index (κ1) is 20.0. The second-order valence-electron chi connectivity index (χ2n) is 6.34. The zero-order valence-corrected chi connectivity index (χ0v) is 16.7. The van der Waals surface area contributed by atoms with Crippen LogP contribution in [-0.4, -0.2) is 66.5 Å². The van der Waals surface area contributed by atoms with E-state index in [1.165, 1.54) is 11.8 Å². The van der Waals surface area contributed by atoms with E-state index in [-0.39, 0.29) is 17.6 Å². The minimum atomic E-state index is -0.120. The van der Waals surface area contributed by atoms with Gasteiger partial charge >= 0.3 is 0 Å². The molecule has 1 fully saturated rings. The summed E-state index contributed by atoms with van der Waals surface area (Å²) < 4.78 is 5.09. The van der Waals surface area contributed by atoms with Crippen molar-refractivity contribution in [3.8, 4) is 5.75 Å². The number of methoxy groups -OCH3 is 1. The van der Waals surface area contributed by atoms with E-state index >= 15 is 0 Å². The SMILES string of the molecule is COc1ccc(NC(=O)CSCC(=O)N2CCN(c3ccncc3)CC2)cc1. The van der Waals surface area contributed by atoms with Crippen molar-refractivity contribution in [3.05, 3.63) is 48.8 Å². The molecule has 1 saturated heterocycles. The Morgan fingerprint density at radius 2 is 1.71 bits per heavy atom. The van der Waals surface area contributed by atoms with Gasteiger partial charge in [0.25, 0.3) is 0 Å². The molecular formula is C20H24N4O3S. The number of benzene rings is 1. The molecule has 0 aliphatic carbocycles. The van der Waals surface area contributed by atoms with Crippen LogP contribution in [0.5, 0.6) is 5.75 Å². The fraction of sp³-hybridized carbons (Fsp3) is 0.350. The minimum Gasteiger partial charge on any atom is -0.497 e. The van der Waals surface area contributed by atoms with Crippen LogP contribution in [0.4, 0.5) is 11.4 Å². The van der Waals surface area contributed by atoms with Gasteiger partial charge < -0.3 is 19.9 Å². The second-order valence-corrected chi connectivity index (χ2v) is 7.33. The van der Waals surface area contributed by atoms with Gasteiger partial charge in [0.05, 0.1) is 18.6 Å². The molecule has 8 heteroatoms. The summed E-state index contributed by atoms with van der Waals surface area (Å²) in [5, 5.41) is 2.82. The zero-order chi connectivity index (χ0) is 19.8. The number of ether oxygens (including phenoxy) is 1. The smallest absolute Gasteiger partial charge is 0.234 e. The van der Waals surface area contributed by atoms with Crippen molar-refractivity contribution in [3.63, 3.8) is 0 Å². The highest BCUT2D eigenvalue weighted by atomic mass is 32.2. The van der Waals surface area contributed by atoms with Crippen molar-refractivity contribution in [1.29, 1.82) is 0 Å². The van der Waals surface area contributed by atoms with Gasteiger partial charge in [0.15, 0.2) is 0 Å². The van der Waals surface area contributed by atoms with Gasteiger partial charge in [-0.3, -0.25) is 14.6 Å². The quantitative estimate of drug-likeness (QED) is 0.767. The molecule has 0 unspecified atom stereocenters. The van der Waals surface area contributed by atoms with Gasteiger partial charge in [-0.05, 0) is 36.4 Å². The van der Waals surface area contributed by atoms with Crippen LogP contribution in [0.2, 0.25) is 0 Å². The summed E-state index contributed by atoms with van der Waals surface area (Å²) in [4.78, 5) is 32.6. The average molecular weight is 401 g/mol. The van der Waals surface area contributed by atoms with E-state index in [1.54, 1.807) is 43.8 Å². The number of thioether (sulfide) groups is 1. The van der Waals surface area contributed by atoms with Crippen molar-refractivity contribution < 1.29 is 14.3 Å². The first-order valence-corrected chi connectivity index (χ1v) is 10.3. The van der Waals surface area contributed by atoms with Gasteiger partial charge in [-0.25, -0.2) is 0 Å². The molecule has 2 heterocycles. The number of hydrogen-bond acceptors (Lipinski definition) is 6. The van der Waals surface area contributed by atoms with Crippen molar-refractivity contribution in [2.75, 3.05) is 55.0 Å². The number of amides is 2. The fourth-order valence-electron chi connectivity index (χ4n) is 2.96. The molecular weight excluding hydrogens is 376 g/mol. The maximum atomic E-state index is 12.4. The van der Waals surface area contributed by atoms with Crippen LogP contribution in [0.15, 0.2) is 48.8 Å². The highest BCUT2D eigenvalue weighted by Gasteiger charge is 2.21. The summed E-state index contributed by atoms with van der Waals surface area (Å²) in [5.41, 5.74) is 1.84. The Kier molecular flexibility index (Phi) is 7.13. The molecule has 148 valence electrons. The molecule has 1 aromatic heterocycles. The zero-order valence-electron chi connectivity index (χ0n) is 15.8. The molecule has 7 nitrogen and oxygen atoms in total. The second kappa shape index (κ2) is 9.98. The number of nitrogens with zero attached hydrogens (tertiary/aromatic N) is 3. The molecule has 2 amide bonds. The maximum absolute atomic E-state index is 12.4. The lowest BCUT2D eigenvalue weighted by Crippen LogP contribution is -2.49. The topological polar surface area (TPSA) is 74.8 Å². The van der Waals surface area contributed by atoms with E-state index < -0.39 is 0 Å². The lowest BCUT2D eigenvalue weighted by atomic mass is 10.2. The number of anilines is 2. The van der Waals surface area contributed by atoms with Crippen LogP contribution in [0, 0.1) is 0 Å². The van der Waals surface area contributed by atoms with E-state index in [2.05, 4.69) is 15.2 Å². The number of piperazine rings is 1. The minimum absolute atomic E-state index is 0.0802. The Morgan fingerprint density at radius 1 is 1.04 bits per heavy atom. The summed E-state index contributed by atoms with van der Waals surface area (Å²) in [6.45, 7) is 3.00. The molecule has 1 aliphatic rings. The lowest BCUT2D eigenvalue weighted by molar-refractivity contribution is -0.128. The van der Waals surface area contributed by atoms with Crippen LogP contribution in [0.1, 0.15) is 0 Å². The van der Waals surface area contributed by atoms with E-state index in [1.807, 2.05) is 17.0 Å². The normalized spacial score (nSPS) is 13.9. The van der Waals surface area contributed by atoms with Crippen LogP contribution < -0.4 is 15.0 Å². The van der Waals surface area contributed by atoms with Crippen LogP contribution >= 0.6 is 11.8 Å². The summed E-state index contributed by atoms with van der Waals surface area (Å²) in [7, 11) is 1.60. The van der Waals surface area contributed by atoms with Gasteiger partial charge in [0.1, 0.15) is 5.75 Å². The standard InChI is InChI=1S/C20H24N4O3S/c1-27-18-4-2-16(3-5-18)22-19(25)14-28-15-20(26)24-12-10-23(11-13-24)17-6-8-21-9-7-17/h2-9H,10-15H2,1H3,(H,22,25). The Morgan fingerprint density at radius 3 is 2.36 bits per heavy atom. The number of pyridine rings is 1. The molecule has 28 heavy (non-hydrogen) atoms. The third-order valence-corrected chi connectivity index (χ3v) is 5.41. The van der Waals surface area contributed by atoms with Crippen molar-refractivity contribution in [2.45, 2.75) is 0 Å². The fourth-order valence-corrected chi connectivity index (χ4v) is 3.68. The largest absolute Gasteiger partial charge is 0.497 e. The molecule has 0 saturated carbocycles. The summed E-state index contributed by atoms with van der Waals surface area (Å²) >= 11 is 1.34. The van der Waals surface area contributed by atoms with Gasteiger partial charge in [-0.1, -0.05) is 0 Å². The Balaban J connectivity index is 1.35. The van der Waals surface area contributed by atoms with E-state index in [4.69, 9.17) is 4.74 Å². The molecule has 3 rings (SSSR count). The number of carbonyl (C=O) groups is 2. The molecule has 0 radical (unpaired) electrons. The van der Waals surface area contributed by atoms with Gasteiger partial charge in [0, 0.05) is 49.9 Å². The number of carbonyl (C=O) groups excluding carboxylic acids is 2. The van der Waals surface area contributed by atoms with E-state index in [0.717, 1.165) is 24.5 Å². The summed E-state index contributed by atoms with van der Waals surface area (Å²) in [6.07, 6.45) is 3.56. The molecule has 0 spiro atoms. The number of nitrogens with one attached hydrogen (secondary N) is 1. The summed E-state index contributed by atoms with van der Waals surface area (Å²) in [6, 6.07) is 11.1. The molecule has 1 aromatic carbocycles. The van der Waals surface area contributed by atoms with Gasteiger partial charge in [-0.15, -0.1) is 11.8 Å². The Hall–Kier alpha value is -2.74. The molecule has 0 bridgehead atoms. The maximum Gasteiger partial charge on any atom is 0.234 e. The Bertz CT molecular complexity index is 778. The van der Waals surface area contributed by atoms with Crippen LogP contribution in [0.25, 0.3) is 0 Å². The van der Waals surface area contributed by atoms with Gasteiger partial charge in [-0.2, -0.15) is 0 Å². The predicted molar refractivity (Wildman–Crippen MR) is 112 cm³/mol. The summed E-state index contributed by atoms with van der Waals surface area (Å²) in [5.74, 6) is 1.25.